The summed E-state index contributed by atoms with van der Waals surface area (Å²) >= 11 is 0. The molecule has 14 heteroatoms. The predicted octanol–water partition coefficient (Wildman–Crippen LogP) is 4.22. The molecule has 1 fully saturated rings. The number of aromatic nitrogens is 3. The predicted molar refractivity (Wildman–Crippen MR) is 133 cm³/mol. The summed E-state index contributed by atoms with van der Waals surface area (Å²) in [5.41, 5.74) is 1.09. The Morgan fingerprint density at radius 3 is 2.59 bits per heavy atom. The van der Waals surface area contributed by atoms with Crippen molar-refractivity contribution in [1.29, 1.82) is 0 Å². The number of alkyl halides is 3. The van der Waals surface area contributed by atoms with E-state index in [2.05, 4.69) is 25.6 Å². The van der Waals surface area contributed by atoms with E-state index in [0.717, 1.165) is 13.0 Å². The minimum atomic E-state index is -5.04. The average molecular weight is 555 g/mol. The van der Waals surface area contributed by atoms with Gasteiger partial charge in [-0.25, -0.2) is 13.8 Å². The van der Waals surface area contributed by atoms with Crippen molar-refractivity contribution in [1.82, 2.24) is 20.3 Å². The fourth-order valence-corrected chi connectivity index (χ4v) is 4.64. The maximum Gasteiger partial charge on any atom is 0.417 e. The molecule has 1 aromatic carbocycles. The standard InChI is InChI=1S/C25H27F5N6O3/c1-11-3-5-32-6-7-33-22-16-21(35-24(36-22)39-13-4-8-37-10-13)19(27)20(34-23(16)38-11)14-9-15(31)18(26)12(2)17(14)25(28,29)30/h9,11,13,32H,3-8,10,31H2,1-2H3,(H,33,35,36). The van der Waals surface area contributed by atoms with Crippen molar-refractivity contribution in [2.45, 2.75) is 45.1 Å². The van der Waals surface area contributed by atoms with Crippen LogP contribution in [0.2, 0.25) is 0 Å². The van der Waals surface area contributed by atoms with Gasteiger partial charge in [0.2, 0.25) is 5.88 Å². The van der Waals surface area contributed by atoms with Crippen molar-refractivity contribution in [3.8, 4) is 23.1 Å². The molecule has 4 heterocycles. The zero-order valence-electron chi connectivity index (χ0n) is 21.2. The Morgan fingerprint density at radius 2 is 1.87 bits per heavy atom. The number of ether oxygens (including phenoxy) is 3. The zero-order chi connectivity index (χ0) is 27.9. The van der Waals surface area contributed by atoms with Crippen LogP contribution in [-0.2, 0) is 10.9 Å². The third-order valence-electron chi connectivity index (χ3n) is 6.59. The first-order chi connectivity index (χ1) is 18.5. The van der Waals surface area contributed by atoms with E-state index in [4.69, 9.17) is 19.9 Å². The third kappa shape index (κ3) is 5.35. The van der Waals surface area contributed by atoms with E-state index in [1.807, 2.05) is 0 Å². The highest BCUT2D eigenvalue weighted by atomic mass is 19.4. The minimum Gasteiger partial charge on any atom is -0.474 e. The van der Waals surface area contributed by atoms with Crippen LogP contribution in [0.4, 0.5) is 33.5 Å². The SMILES string of the molecule is Cc1c(F)c(N)cc(-c2nc3c4c(nc(OC5CCOC5)nc4c2F)NCCNCCC(C)O3)c1C(F)(F)F. The molecule has 0 aliphatic carbocycles. The van der Waals surface area contributed by atoms with Crippen molar-refractivity contribution in [2.75, 3.05) is 43.9 Å². The number of nitrogens with zero attached hydrogens (tertiary/aromatic N) is 3. The molecule has 2 aromatic heterocycles. The van der Waals surface area contributed by atoms with Crippen LogP contribution in [-0.4, -0.2) is 60.0 Å². The van der Waals surface area contributed by atoms with Gasteiger partial charge in [-0.1, -0.05) is 0 Å². The van der Waals surface area contributed by atoms with Gasteiger partial charge < -0.3 is 30.6 Å². The number of benzene rings is 1. The maximum absolute atomic E-state index is 16.3. The van der Waals surface area contributed by atoms with E-state index in [1.165, 1.54) is 0 Å². The number of hydrogen-bond acceptors (Lipinski definition) is 9. The monoisotopic (exact) mass is 554 g/mol. The number of hydrogen-bond donors (Lipinski definition) is 3. The van der Waals surface area contributed by atoms with E-state index in [9.17, 15) is 17.6 Å². The van der Waals surface area contributed by atoms with Gasteiger partial charge in [0.15, 0.2) is 5.82 Å². The summed E-state index contributed by atoms with van der Waals surface area (Å²) in [6.07, 6.45) is -4.77. The van der Waals surface area contributed by atoms with Crippen LogP contribution in [0, 0.1) is 18.6 Å². The molecule has 2 unspecified atom stereocenters. The Balaban J connectivity index is 1.80. The summed E-state index contributed by atoms with van der Waals surface area (Å²) in [7, 11) is 0. The molecule has 2 atom stereocenters. The van der Waals surface area contributed by atoms with Crippen LogP contribution in [0.1, 0.15) is 30.9 Å². The first-order valence-electron chi connectivity index (χ1n) is 12.5. The zero-order valence-corrected chi connectivity index (χ0v) is 21.2. The lowest BCUT2D eigenvalue weighted by Gasteiger charge is -2.21. The van der Waals surface area contributed by atoms with Gasteiger partial charge in [-0.2, -0.15) is 23.1 Å². The van der Waals surface area contributed by atoms with Crippen LogP contribution < -0.4 is 25.8 Å². The van der Waals surface area contributed by atoms with Crippen LogP contribution in [0.15, 0.2) is 6.07 Å². The molecule has 1 saturated heterocycles. The van der Waals surface area contributed by atoms with Gasteiger partial charge in [0, 0.05) is 25.1 Å². The Bertz CT molecular complexity index is 1400. The molecule has 39 heavy (non-hydrogen) atoms. The second-order valence-electron chi connectivity index (χ2n) is 9.48. The number of nitrogens with one attached hydrogen (secondary N) is 2. The van der Waals surface area contributed by atoms with Crippen molar-refractivity contribution in [3.05, 3.63) is 28.8 Å². The normalized spacial score (nSPS) is 20.3. The van der Waals surface area contributed by atoms with Crippen LogP contribution in [0.25, 0.3) is 22.2 Å². The molecule has 4 N–H and O–H groups in total. The molecule has 3 aromatic rings. The van der Waals surface area contributed by atoms with E-state index < -0.39 is 52.0 Å². The van der Waals surface area contributed by atoms with Gasteiger partial charge in [0.05, 0.1) is 30.6 Å². The van der Waals surface area contributed by atoms with E-state index in [0.29, 0.717) is 39.1 Å². The Hall–Kier alpha value is -3.52. The summed E-state index contributed by atoms with van der Waals surface area (Å²) in [6, 6.07) is 0.533. The summed E-state index contributed by atoms with van der Waals surface area (Å²) in [4.78, 5) is 12.8. The molecular formula is C25H27F5N6O3. The summed E-state index contributed by atoms with van der Waals surface area (Å²) in [5, 5.41) is 6.37. The Morgan fingerprint density at radius 1 is 1.08 bits per heavy atom. The molecular weight excluding hydrogens is 527 g/mol. The van der Waals surface area contributed by atoms with E-state index >= 15 is 4.39 Å². The van der Waals surface area contributed by atoms with Crippen molar-refractivity contribution in [3.63, 3.8) is 0 Å². The molecule has 0 saturated carbocycles. The molecule has 0 radical (unpaired) electrons. The summed E-state index contributed by atoms with van der Waals surface area (Å²) in [6.45, 7) is 4.97. The highest BCUT2D eigenvalue weighted by molar-refractivity contribution is 5.96. The fraction of sp³-hybridized carbons (Fsp3) is 0.480. The first kappa shape index (κ1) is 27.1. The number of nitrogen functional groups attached to an aromatic ring is 1. The van der Waals surface area contributed by atoms with E-state index in [-0.39, 0.29) is 41.3 Å². The van der Waals surface area contributed by atoms with Crippen LogP contribution in [0.3, 0.4) is 0 Å². The van der Waals surface area contributed by atoms with E-state index in [1.54, 1.807) is 6.92 Å². The third-order valence-corrected chi connectivity index (χ3v) is 6.59. The van der Waals surface area contributed by atoms with Gasteiger partial charge in [0.25, 0.3) is 0 Å². The van der Waals surface area contributed by atoms with Gasteiger partial charge in [-0.05, 0) is 38.4 Å². The largest absolute Gasteiger partial charge is 0.474 e. The van der Waals surface area contributed by atoms with Crippen molar-refractivity contribution >= 4 is 22.4 Å². The second kappa shape index (κ2) is 10.6. The highest BCUT2D eigenvalue weighted by Gasteiger charge is 2.39. The first-order valence-corrected chi connectivity index (χ1v) is 12.5. The van der Waals surface area contributed by atoms with Gasteiger partial charge in [-0.3, -0.25) is 0 Å². The Kier molecular flexibility index (Phi) is 7.33. The number of anilines is 2. The molecule has 2 aliphatic heterocycles. The summed E-state index contributed by atoms with van der Waals surface area (Å²) in [5.74, 6) is -2.47. The van der Waals surface area contributed by atoms with Crippen molar-refractivity contribution in [2.24, 2.45) is 0 Å². The topological polar surface area (TPSA) is 116 Å². The second-order valence-corrected chi connectivity index (χ2v) is 9.48. The minimum absolute atomic E-state index is 0.0420. The number of rotatable bonds is 3. The van der Waals surface area contributed by atoms with Gasteiger partial charge in [-0.15, -0.1) is 0 Å². The Labute approximate surface area is 220 Å². The molecule has 5 rings (SSSR count). The number of nitrogens with two attached hydrogens (primary N) is 1. The lowest BCUT2D eigenvalue weighted by molar-refractivity contribution is -0.137. The molecule has 210 valence electrons. The molecule has 0 amide bonds. The molecule has 0 bridgehead atoms. The quantitative estimate of drug-likeness (QED) is 0.323. The van der Waals surface area contributed by atoms with Crippen molar-refractivity contribution < 1.29 is 36.2 Å². The molecule has 0 spiro atoms. The molecule has 9 nitrogen and oxygen atoms in total. The summed E-state index contributed by atoms with van der Waals surface area (Å²) < 4.78 is 90.4. The van der Waals surface area contributed by atoms with Crippen LogP contribution in [0.5, 0.6) is 11.9 Å². The smallest absolute Gasteiger partial charge is 0.417 e. The lowest BCUT2D eigenvalue weighted by atomic mass is 9.96. The average Bonchev–Trinajstić information content (AvgIpc) is 3.37. The lowest BCUT2D eigenvalue weighted by Crippen LogP contribution is -2.26. The fourth-order valence-electron chi connectivity index (χ4n) is 4.64. The molecule has 2 aliphatic rings. The van der Waals surface area contributed by atoms with Gasteiger partial charge in [0.1, 0.15) is 34.3 Å². The number of halogens is 5. The highest BCUT2D eigenvalue weighted by Crippen LogP contribution is 2.44. The van der Waals surface area contributed by atoms with Gasteiger partial charge >= 0.3 is 12.2 Å². The van der Waals surface area contributed by atoms with Crippen LogP contribution >= 0.6 is 0 Å². The maximum atomic E-state index is 16.3. The number of pyridine rings is 1.